The summed E-state index contributed by atoms with van der Waals surface area (Å²) in [4.78, 5) is 2.70. The van der Waals surface area contributed by atoms with Gasteiger partial charge in [-0.1, -0.05) is 26.0 Å². The first kappa shape index (κ1) is 16.1. The third-order valence-electron chi connectivity index (χ3n) is 3.58. The summed E-state index contributed by atoms with van der Waals surface area (Å²) >= 11 is 1.84. The maximum Gasteiger partial charge on any atom is 0.124 e. The van der Waals surface area contributed by atoms with E-state index >= 15 is 0 Å². The van der Waals surface area contributed by atoms with Gasteiger partial charge in [-0.3, -0.25) is 0 Å². The first-order chi connectivity index (χ1) is 10.1. The number of aryl methyl sites for hydroxylation is 2. The molecular weight excluding hydrogens is 278 g/mol. The number of benzene rings is 1. The SMILES string of the molecule is CCNC(C)c1ccc(C)cc1OCc1ccc(CC)s1. The van der Waals surface area contributed by atoms with E-state index in [2.05, 4.69) is 63.3 Å². The van der Waals surface area contributed by atoms with Gasteiger partial charge in [0.25, 0.3) is 0 Å². The molecule has 1 atom stereocenters. The molecule has 0 aliphatic heterocycles. The monoisotopic (exact) mass is 303 g/mol. The zero-order valence-electron chi connectivity index (χ0n) is 13.4. The largest absolute Gasteiger partial charge is 0.488 e. The van der Waals surface area contributed by atoms with Crippen LogP contribution in [0.15, 0.2) is 30.3 Å². The van der Waals surface area contributed by atoms with Crippen LogP contribution >= 0.6 is 11.3 Å². The van der Waals surface area contributed by atoms with Crippen molar-refractivity contribution >= 4 is 11.3 Å². The molecule has 0 bridgehead atoms. The van der Waals surface area contributed by atoms with E-state index in [4.69, 9.17) is 4.74 Å². The van der Waals surface area contributed by atoms with E-state index in [-0.39, 0.29) is 0 Å². The van der Waals surface area contributed by atoms with Gasteiger partial charge in [0.15, 0.2) is 0 Å². The average Bonchev–Trinajstić information content (AvgIpc) is 2.93. The van der Waals surface area contributed by atoms with Crippen LogP contribution in [0.4, 0.5) is 0 Å². The number of nitrogens with one attached hydrogen (secondary N) is 1. The van der Waals surface area contributed by atoms with Gasteiger partial charge in [-0.25, -0.2) is 0 Å². The van der Waals surface area contributed by atoms with Crippen LogP contribution in [0, 0.1) is 6.92 Å². The van der Waals surface area contributed by atoms with Crippen molar-refractivity contribution < 1.29 is 4.74 Å². The first-order valence-corrected chi connectivity index (χ1v) is 8.50. The molecule has 1 heterocycles. The summed E-state index contributed by atoms with van der Waals surface area (Å²) < 4.78 is 6.10. The minimum atomic E-state index is 0.306. The van der Waals surface area contributed by atoms with Crippen molar-refractivity contribution in [2.75, 3.05) is 6.54 Å². The van der Waals surface area contributed by atoms with Crippen LogP contribution in [0.3, 0.4) is 0 Å². The van der Waals surface area contributed by atoms with Crippen LogP contribution < -0.4 is 10.1 Å². The molecule has 1 aromatic heterocycles. The normalized spacial score (nSPS) is 12.4. The number of ether oxygens (including phenoxy) is 1. The maximum atomic E-state index is 6.10. The van der Waals surface area contributed by atoms with Gasteiger partial charge < -0.3 is 10.1 Å². The van der Waals surface area contributed by atoms with E-state index in [1.165, 1.54) is 20.9 Å². The lowest BCUT2D eigenvalue weighted by Crippen LogP contribution is -2.18. The fourth-order valence-electron chi connectivity index (χ4n) is 2.38. The Morgan fingerprint density at radius 1 is 1.14 bits per heavy atom. The predicted octanol–water partition coefficient (Wildman–Crippen LogP) is 4.87. The Morgan fingerprint density at radius 3 is 2.57 bits per heavy atom. The highest BCUT2D eigenvalue weighted by molar-refractivity contribution is 7.11. The molecule has 2 aromatic rings. The molecule has 0 aliphatic rings. The van der Waals surface area contributed by atoms with Crippen molar-refractivity contribution in [2.24, 2.45) is 0 Å². The average molecular weight is 303 g/mol. The number of thiophene rings is 1. The van der Waals surface area contributed by atoms with Crippen molar-refractivity contribution in [3.8, 4) is 5.75 Å². The Morgan fingerprint density at radius 2 is 1.90 bits per heavy atom. The molecule has 21 heavy (non-hydrogen) atoms. The Bertz CT molecular complexity index is 576. The molecule has 0 radical (unpaired) electrons. The van der Waals surface area contributed by atoms with Crippen LogP contribution in [-0.4, -0.2) is 6.54 Å². The van der Waals surface area contributed by atoms with Crippen LogP contribution in [-0.2, 0) is 13.0 Å². The van der Waals surface area contributed by atoms with Crippen molar-refractivity contribution in [3.05, 3.63) is 51.2 Å². The molecule has 1 unspecified atom stereocenters. The summed E-state index contributed by atoms with van der Waals surface area (Å²) in [6, 6.07) is 11.1. The van der Waals surface area contributed by atoms with E-state index in [9.17, 15) is 0 Å². The Kier molecular flexibility index (Phi) is 5.83. The summed E-state index contributed by atoms with van der Waals surface area (Å²) in [5.41, 5.74) is 2.47. The standard InChI is InChI=1S/C18H25NOS/c1-5-15-8-9-16(21-15)12-20-18-11-13(3)7-10-17(18)14(4)19-6-2/h7-11,14,19H,5-6,12H2,1-4H3. The molecule has 0 aliphatic carbocycles. The van der Waals surface area contributed by atoms with E-state index in [1.54, 1.807) is 0 Å². The van der Waals surface area contributed by atoms with Crippen LogP contribution in [0.1, 0.15) is 47.7 Å². The summed E-state index contributed by atoms with van der Waals surface area (Å²) in [5, 5.41) is 3.46. The Hall–Kier alpha value is -1.32. The Labute approximate surface area is 132 Å². The molecule has 2 rings (SSSR count). The molecule has 0 fully saturated rings. The lowest BCUT2D eigenvalue weighted by Gasteiger charge is -2.18. The molecular formula is C18H25NOS. The van der Waals surface area contributed by atoms with Gasteiger partial charge in [-0.15, -0.1) is 11.3 Å². The summed E-state index contributed by atoms with van der Waals surface area (Å²) in [6.45, 7) is 10.2. The molecule has 0 saturated heterocycles. The zero-order chi connectivity index (χ0) is 15.2. The highest BCUT2D eigenvalue weighted by atomic mass is 32.1. The minimum absolute atomic E-state index is 0.306. The van der Waals surface area contributed by atoms with Crippen LogP contribution in [0.25, 0.3) is 0 Å². The van der Waals surface area contributed by atoms with Crippen LogP contribution in [0.5, 0.6) is 5.75 Å². The van der Waals surface area contributed by atoms with Crippen LogP contribution in [0.2, 0.25) is 0 Å². The summed E-state index contributed by atoms with van der Waals surface area (Å²) in [7, 11) is 0. The third-order valence-corrected chi connectivity index (χ3v) is 4.78. The van der Waals surface area contributed by atoms with Gasteiger partial charge in [0.2, 0.25) is 0 Å². The molecule has 114 valence electrons. The number of hydrogen-bond acceptors (Lipinski definition) is 3. The molecule has 0 amide bonds. The molecule has 1 N–H and O–H groups in total. The van der Waals surface area contributed by atoms with E-state index in [0.29, 0.717) is 12.6 Å². The Balaban J connectivity index is 2.12. The fourth-order valence-corrected chi connectivity index (χ4v) is 3.25. The van der Waals surface area contributed by atoms with E-state index in [0.717, 1.165) is 18.7 Å². The minimum Gasteiger partial charge on any atom is -0.488 e. The predicted molar refractivity (Wildman–Crippen MR) is 91.3 cm³/mol. The van der Waals surface area contributed by atoms with Gasteiger partial charge in [0, 0.05) is 21.4 Å². The highest BCUT2D eigenvalue weighted by Gasteiger charge is 2.11. The molecule has 1 aromatic carbocycles. The van der Waals surface area contributed by atoms with Gasteiger partial charge in [-0.2, -0.15) is 0 Å². The molecule has 2 nitrogen and oxygen atoms in total. The second-order valence-corrected chi connectivity index (χ2v) is 6.58. The highest BCUT2D eigenvalue weighted by Crippen LogP contribution is 2.28. The number of hydrogen-bond donors (Lipinski definition) is 1. The van der Waals surface area contributed by atoms with E-state index in [1.807, 2.05) is 11.3 Å². The number of rotatable bonds is 7. The van der Waals surface area contributed by atoms with Crippen molar-refractivity contribution in [2.45, 2.75) is 46.8 Å². The lowest BCUT2D eigenvalue weighted by molar-refractivity contribution is 0.303. The summed E-state index contributed by atoms with van der Waals surface area (Å²) in [5.74, 6) is 0.995. The third kappa shape index (κ3) is 4.32. The lowest BCUT2D eigenvalue weighted by atomic mass is 10.0. The molecule has 3 heteroatoms. The van der Waals surface area contributed by atoms with Gasteiger partial charge >= 0.3 is 0 Å². The summed E-state index contributed by atoms with van der Waals surface area (Å²) in [6.07, 6.45) is 1.10. The van der Waals surface area contributed by atoms with Crippen molar-refractivity contribution in [1.82, 2.24) is 5.32 Å². The van der Waals surface area contributed by atoms with Crippen molar-refractivity contribution in [3.63, 3.8) is 0 Å². The zero-order valence-corrected chi connectivity index (χ0v) is 14.2. The van der Waals surface area contributed by atoms with Gasteiger partial charge in [0.05, 0.1) is 0 Å². The second-order valence-electron chi connectivity index (χ2n) is 5.33. The van der Waals surface area contributed by atoms with Gasteiger partial charge in [-0.05, 0) is 50.6 Å². The second kappa shape index (κ2) is 7.62. The fraction of sp³-hybridized carbons (Fsp3) is 0.444. The topological polar surface area (TPSA) is 21.3 Å². The quantitative estimate of drug-likeness (QED) is 0.788. The smallest absolute Gasteiger partial charge is 0.124 e. The van der Waals surface area contributed by atoms with E-state index < -0.39 is 0 Å². The van der Waals surface area contributed by atoms with Gasteiger partial charge in [0.1, 0.15) is 12.4 Å². The maximum absolute atomic E-state index is 6.10. The molecule has 0 saturated carbocycles. The molecule has 0 spiro atoms. The first-order valence-electron chi connectivity index (χ1n) is 7.68. The van der Waals surface area contributed by atoms with Crippen molar-refractivity contribution in [1.29, 1.82) is 0 Å².